The van der Waals surface area contributed by atoms with Crippen LogP contribution in [0.4, 0.5) is 5.69 Å². The molecule has 0 aliphatic heterocycles. The third-order valence-corrected chi connectivity index (χ3v) is 4.31. The summed E-state index contributed by atoms with van der Waals surface area (Å²) in [4.78, 5) is 12.7. The topological polar surface area (TPSA) is 69.0 Å². The van der Waals surface area contributed by atoms with Crippen LogP contribution >= 0.6 is 34.8 Å². The molecular formula is C17H13Cl3N4O2. The van der Waals surface area contributed by atoms with Gasteiger partial charge in [-0.2, -0.15) is 0 Å². The number of ether oxygens (including phenoxy) is 1. The maximum atomic E-state index is 12.7. The van der Waals surface area contributed by atoms with Crippen molar-refractivity contribution in [3.63, 3.8) is 0 Å². The minimum Gasteiger partial charge on any atom is -0.378 e. The van der Waals surface area contributed by atoms with E-state index in [1.807, 2.05) is 0 Å². The molecule has 0 saturated carbocycles. The lowest BCUT2D eigenvalue weighted by atomic mass is 10.2. The van der Waals surface area contributed by atoms with Gasteiger partial charge in [-0.15, -0.1) is 5.10 Å². The second-order valence-corrected chi connectivity index (χ2v) is 6.56. The molecule has 134 valence electrons. The SMILES string of the molecule is COCc1c(C(=O)Nc2ccc(Cl)cc2Cl)nnn1-c1ccc(Cl)cc1. The molecular weight excluding hydrogens is 399 g/mol. The highest BCUT2D eigenvalue weighted by molar-refractivity contribution is 6.36. The first-order valence-electron chi connectivity index (χ1n) is 7.45. The zero-order chi connectivity index (χ0) is 18.7. The highest BCUT2D eigenvalue weighted by Crippen LogP contribution is 2.26. The first-order valence-corrected chi connectivity index (χ1v) is 8.59. The Morgan fingerprint density at radius 2 is 1.81 bits per heavy atom. The lowest BCUT2D eigenvalue weighted by Gasteiger charge is -2.09. The Bertz CT molecular complexity index is 942. The molecule has 0 saturated heterocycles. The number of hydrogen-bond donors (Lipinski definition) is 1. The number of benzene rings is 2. The summed E-state index contributed by atoms with van der Waals surface area (Å²) in [7, 11) is 1.52. The van der Waals surface area contributed by atoms with E-state index in [2.05, 4.69) is 15.6 Å². The number of aromatic nitrogens is 3. The molecule has 2 aromatic carbocycles. The van der Waals surface area contributed by atoms with Crippen LogP contribution in [0.1, 0.15) is 16.2 Å². The van der Waals surface area contributed by atoms with Crippen molar-refractivity contribution in [3.8, 4) is 5.69 Å². The molecule has 1 N–H and O–H groups in total. The fourth-order valence-electron chi connectivity index (χ4n) is 2.31. The minimum atomic E-state index is -0.457. The van der Waals surface area contributed by atoms with Gasteiger partial charge in [0.2, 0.25) is 0 Å². The average Bonchev–Trinajstić information content (AvgIpc) is 3.02. The van der Waals surface area contributed by atoms with Crippen LogP contribution in [-0.2, 0) is 11.3 Å². The summed E-state index contributed by atoms with van der Waals surface area (Å²) in [6.07, 6.45) is 0. The summed E-state index contributed by atoms with van der Waals surface area (Å²) >= 11 is 17.9. The Hall–Kier alpha value is -2.12. The van der Waals surface area contributed by atoms with Gasteiger partial charge in [-0.1, -0.05) is 40.0 Å². The Kier molecular flexibility index (Phi) is 5.78. The van der Waals surface area contributed by atoms with Crippen LogP contribution < -0.4 is 5.32 Å². The first-order chi connectivity index (χ1) is 12.5. The van der Waals surface area contributed by atoms with E-state index in [1.54, 1.807) is 42.5 Å². The largest absolute Gasteiger partial charge is 0.378 e. The molecule has 9 heteroatoms. The molecule has 3 aromatic rings. The fraction of sp³-hybridized carbons (Fsp3) is 0.118. The monoisotopic (exact) mass is 410 g/mol. The van der Waals surface area contributed by atoms with E-state index < -0.39 is 5.91 Å². The molecule has 0 radical (unpaired) electrons. The van der Waals surface area contributed by atoms with Crippen LogP contribution in [0.3, 0.4) is 0 Å². The van der Waals surface area contributed by atoms with E-state index in [9.17, 15) is 4.79 Å². The van der Waals surface area contributed by atoms with Gasteiger partial charge in [0.1, 0.15) is 5.69 Å². The van der Waals surface area contributed by atoms with Crippen molar-refractivity contribution in [1.29, 1.82) is 0 Å². The predicted octanol–water partition coefficient (Wildman–Crippen LogP) is 4.63. The lowest BCUT2D eigenvalue weighted by molar-refractivity contribution is 0.101. The number of amides is 1. The van der Waals surface area contributed by atoms with Gasteiger partial charge in [0, 0.05) is 17.2 Å². The van der Waals surface area contributed by atoms with Crippen LogP contribution in [0.15, 0.2) is 42.5 Å². The van der Waals surface area contributed by atoms with E-state index in [4.69, 9.17) is 39.5 Å². The summed E-state index contributed by atoms with van der Waals surface area (Å²) < 4.78 is 6.73. The van der Waals surface area contributed by atoms with E-state index >= 15 is 0 Å². The number of anilines is 1. The molecule has 0 spiro atoms. The maximum absolute atomic E-state index is 12.7. The fourth-order valence-corrected chi connectivity index (χ4v) is 2.89. The van der Waals surface area contributed by atoms with Crippen molar-refractivity contribution in [2.24, 2.45) is 0 Å². The van der Waals surface area contributed by atoms with Crippen LogP contribution in [-0.4, -0.2) is 28.0 Å². The molecule has 1 amide bonds. The lowest BCUT2D eigenvalue weighted by Crippen LogP contribution is -2.16. The molecule has 0 aliphatic rings. The summed E-state index contributed by atoms with van der Waals surface area (Å²) in [5, 5.41) is 12.2. The van der Waals surface area contributed by atoms with E-state index in [1.165, 1.54) is 11.8 Å². The van der Waals surface area contributed by atoms with Gasteiger partial charge in [-0.05, 0) is 42.5 Å². The molecule has 3 rings (SSSR count). The highest BCUT2D eigenvalue weighted by atomic mass is 35.5. The summed E-state index contributed by atoms with van der Waals surface area (Å²) in [5.74, 6) is -0.457. The standard InChI is InChI=1S/C17H13Cl3N4O2/c1-26-9-15-16(17(25)21-14-7-4-11(19)8-13(14)20)22-23-24(15)12-5-2-10(18)3-6-12/h2-8H,9H2,1H3,(H,21,25). The van der Waals surface area contributed by atoms with Gasteiger partial charge >= 0.3 is 0 Å². The number of rotatable bonds is 5. The second kappa shape index (κ2) is 8.05. The maximum Gasteiger partial charge on any atom is 0.278 e. The zero-order valence-corrected chi connectivity index (χ0v) is 15.8. The summed E-state index contributed by atoms with van der Waals surface area (Å²) in [6, 6.07) is 11.8. The molecule has 0 atom stereocenters. The Labute approximate surface area is 164 Å². The van der Waals surface area contributed by atoms with Crippen molar-refractivity contribution in [1.82, 2.24) is 15.0 Å². The van der Waals surface area contributed by atoms with E-state index in [-0.39, 0.29) is 12.3 Å². The summed E-state index contributed by atoms with van der Waals surface area (Å²) in [5.41, 5.74) is 1.76. The third-order valence-electron chi connectivity index (χ3n) is 3.51. The summed E-state index contributed by atoms with van der Waals surface area (Å²) in [6.45, 7) is 0.146. The van der Waals surface area contributed by atoms with E-state index in [0.29, 0.717) is 32.1 Å². The van der Waals surface area contributed by atoms with Crippen LogP contribution in [0, 0.1) is 0 Å². The van der Waals surface area contributed by atoms with Crippen molar-refractivity contribution in [3.05, 3.63) is 68.9 Å². The smallest absolute Gasteiger partial charge is 0.278 e. The average molecular weight is 412 g/mol. The number of hydrogen-bond acceptors (Lipinski definition) is 4. The molecule has 0 fully saturated rings. The van der Waals surface area contributed by atoms with Crippen molar-refractivity contribution >= 4 is 46.4 Å². The number of carbonyl (C=O) groups is 1. The van der Waals surface area contributed by atoms with Crippen LogP contribution in [0.2, 0.25) is 15.1 Å². The molecule has 1 heterocycles. The molecule has 26 heavy (non-hydrogen) atoms. The van der Waals surface area contributed by atoms with Gasteiger partial charge in [0.15, 0.2) is 5.69 Å². The number of methoxy groups -OCH3 is 1. The quantitative estimate of drug-likeness (QED) is 0.665. The normalized spacial score (nSPS) is 10.8. The van der Waals surface area contributed by atoms with Crippen LogP contribution in [0.5, 0.6) is 0 Å². The number of nitrogens with one attached hydrogen (secondary N) is 1. The highest BCUT2D eigenvalue weighted by Gasteiger charge is 2.21. The second-order valence-electron chi connectivity index (χ2n) is 5.28. The minimum absolute atomic E-state index is 0.132. The Balaban J connectivity index is 1.94. The first kappa shape index (κ1) is 18.7. The predicted molar refractivity (Wildman–Crippen MR) is 101 cm³/mol. The molecule has 1 aromatic heterocycles. The number of halogens is 3. The third kappa shape index (κ3) is 3.99. The van der Waals surface area contributed by atoms with Crippen LogP contribution in [0.25, 0.3) is 5.69 Å². The van der Waals surface area contributed by atoms with Gasteiger partial charge in [-0.25, -0.2) is 4.68 Å². The number of nitrogens with zero attached hydrogens (tertiary/aromatic N) is 3. The van der Waals surface area contributed by atoms with Gasteiger partial charge in [-0.3, -0.25) is 4.79 Å². The number of carbonyl (C=O) groups excluding carboxylic acids is 1. The molecule has 0 bridgehead atoms. The van der Waals surface area contributed by atoms with Crippen molar-refractivity contribution in [2.45, 2.75) is 6.61 Å². The van der Waals surface area contributed by atoms with Crippen molar-refractivity contribution in [2.75, 3.05) is 12.4 Å². The molecule has 0 unspecified atom stereocenters. The van der Waals surface area contributed by atoms with Gasteiger partial charge < -0.3 is 10.1 Å². The Morgan fingerprint density at radius 3 is 2.46 bits per heavy atom. The van der Waals surface area contributed by atoms with Gasteiger partial charge in [0.05, 0.1) is 23.0 Å². The van der Waals surface area contributed by atoms with E-state index in [0.717, 1.165) is 0 Å². The van der Waals surface area contributed by atoms with Crippen molar-refractivity contribution < 1.29 is 9.53 Å². The molecule has 6 nitrogen and oxygen atoms in total. The Morgan fingerprint density at radius 1 is 1.12 bits per heavy atom. The zero-order valence-electron chi connectivity index (χ0n) is 13.5. The van der Waals surface area contributed by atoms with Gasteiger partial charge in [0.25, 0.3) is 5.91 Å². The molecule has 0 aliphatic carbocycles.